The van der Waals surface area contributed by atoms with E-state index in [4.69, 9.17) is 4.74 Å². The molecular weight excluding hydrogens is 336 g/mol. The molecule has 1 aliphatic carbocycles. The minimum atomic E-state index is -0.176. The summed E-state index contributed by atoms with van der Waals surface area (Å²) in [4.78, 5) is 30.1. The van der Waals surface area contributed by atoms with Crippen LogP contribution in [0.3, 0.4) is 0 Å². The average molecular weight is 356 g/mol. The molecule has 0 saturated heterocycles. The van der Waals surface area contributed by atoms with Crippen LogP contribution >= 0.6 is 11.3 Å². The Morgan fingerprint density at radius 2 is 2.08 bits per heavy atom. The van der Waals surface area contributed by atoms with Crippen molar-refractivity contribution in [3.63, 3.8) is 0 Å². The largest absolute Gasteiger partial charge is 0.459 e. The molecule has 1 atom stereocenters. The number of thiazole rings is 1. The highest BCUT2D eigenvalue weighted by molar-refractivity contribution is 7.14. The van der Waals surface area contributed by atoms with Gasteiger partial charge in [-0.25, -0.2) is 4.98 Å². The Morgan fingerprint density at radius 1 is 1.28 bits per heavy atom. The second-order valence-corrected chi connectivity index (χ2v) is 6.74. The highest BCUT2D eigenvalue weighted by atomic mass is 32.1. The van der Waals surface area contributed by atoms with Gasteiger partial charge >= 0.3 is 5.97 Å². The van der Waals surface area contributed by atoms with Crippen molar-refractivity contribution in [2.24, 2.45) is 5.92 Å². The van der Waals surface area contributed by atoms with Gasteiger partial charge in [-0.3, -0.25) is 14.5 Å². The molecule has 130 valence electrons. The molecule has 1 heterocycles. The number of allylic oxidation sites excluding steroid dienone is 2. The van der Waals surface area contributed by atoms with Gasteiger partial charge in [0.05, 0.1) is 17.3 Å². The van der Waals surface area contributed by atoms with E-state index in [9.17, 15) is 9.59 Å². The van der Waals surface area contributed by atoms with Gasteiger partial charge in [-0.05, 0) is 31.4 Å². The maximum Gasteiger partial charge on any atom is 0.309 e. The van der Waals surface area contributed by atoms with E-state index in [1.165, 1.54) is 18.3 Å². The van der Waals surface area contributed by atoms with Crippen molar-refractivity contribution in [1.82, 2.24) is 4.98 Å². The number of anilines is 2. The SMILES string of the molecule is CC(=O)N(c1ccccc1)c1nc(COC(=O)[C@H]2CC=CCC2)cs1. The van der Waals surface area contributed by atoms with Crippen molar-refractivity contribution in [1.29, 1.82) is 0 Å². The quantitative estimate of drug-likeness (QED) is 0.594. The molecule has 1 aromatic heterocycles. The van der Waals surface area contributed by atoms with Gasteiger partial charge in [0.2, 0.25) is 5.91 Å². The minimum absolute atomic E-state index is 0.0545. The number of hydrogen-bond donors (Lipinski definition) is 0. The van der Waals surface area contributed by atoms with E-state index in [1.54, 1.807) is 4.90 Å². The fourth-order valence-corrected chi connectivity index (χ4v) is 3.61. The number of carbonyl (C=O) groups is 2. The van der Waals surface area contributed by atoms with Crippen LogP contribution in [0.25, 0.3) is 0 Å². The van der Waals surface area contributed by atoms with Crippen LogP contribution < -0.4 is 4.90 Å². The lowest BCUT2D eigenvalue weighted by atomic mass is 9.95. The predicted octanol–water partition coefficient (Wildman–Crippen LogP) is 4.23. The second-order valence-electron chi connectivity index (χ2n) is 5.90. The maximum atomic E-state index is 12.1. The third-order valence-electron chi connectivity index (χ3n) is 4.02. The first-order chi connectivity index (χ1) is 12.1. The van der Waals surface area contributed by atoms with Crippen LogP contribution in [0.5, 0.6) is 0 Å². The first-order valence-electron chi connectivity index (χ1n) is 8.27. The third kappa shape index (κ3) is 4.33. The smallest absolute Gasteiger partial charge is 0.309 e. The van der Waals surface area contributed by atoms with Crippen molar-refractivity contribution in [3.8, 4) is 0 Å². The van der Waals surface area contributed by atoms with Gasteiger partial charge in [0.1, 0.15) is 6.61 Å². The molecule has 25 heavy (non-hydrogen) atoms. The second kappa shape index (κ2) is 8.07. The number of ether oxygens (including phenoxy) is 1. The lowest BCUT2D eigenvalue weighted by Gasteiger charge is -2.17. The van der Waals surface area contributed by atoms with Crippen LogP contribution in [0.4, 0.5) is 10.8 Å². The molecule has 1 amide bonds. The predicted molar refractivity (Wildman–Crippen MR) is 97.7 cm³/mol. The van der Waals surface area contributed by atoms with Crippen molar-refractivity contribution in [3.05, 3.63) is 53.6 Å². The van der Waals surface area contributed by atoms with Gasteiger partial charge in [-0.15, -0.1) is 11.3 Å². The van der Waals surface area contributed by atoms with Crippen LogP contribution in [-0.4, -0.2) is 16.9 Å². The van der Waals surface area contributed by atoms with Gasteiger partial charge in [0.15, 0.2) is 5.13 Å². The zero-order chi connectivity index (χ0) is 17.6. The van der Waals surface area contributed by atoms with E-state index in [0.29, 0.717) is 10.8 Å². The van der Waals surface area contributed by atoms with Gasteiger partial charge in [-0.2, -0.15) is 0 Å². The topological polar surface area (TPSA) is 59.5 Å². The molecule has 0 bridgehead atoms. The molecule has 0 radical (unpaired) electrons. The summed E-state index contributed by atoms with van der Waals surface area (Å²) in [5, 5.41) is 2.40. The molecule has 0 fully saturated rings. The number of rotatable bonds is 5. The van der Waals surface area contributed by atoms with Crippen LogP contribution in [0.15, 0.2) is 47.9 Å². The number of nitrogens with zero attached hydrogens (tertiary/aromatic N) is 2. The zero-order valence-electron chi connectivity index (χ0n) is 14.1. The van der Waals surface area contributed by atoms with Crippen LogP contribution in [0, 0.1) is 5.92 Å². The van der Waals surface area contributed by atoms with Crippen molar-refractivity contribution in [2.75, 3.05) is 4.90 Å². The number of amides is 1. The molecular formula is C19H20N2O3S. The fraction of sp³-hybridized carbons (Fsp3) is 0.316. The maximum absolute atomic E-state index is 12.1. The first kappa shape index (κ1) is 17.4. The molecule has 1 aromatic carbocycles. The van der Waals surface area contributed by atoms with E-state index in [2.05, 4.69) is 11.1 Å². The Morgan fingerprint density at radius 3 is 2.76 bits per heavy atom. The summed E-state index contributed by atoms with van der Waals surface area (Å²) in [5.74, 6) is -0.343. The fourth-order valence-electron chi connectivity index (χ4n) is 2.74. The van der Waals surface area contributed by atoms with Gasteiger partial charge < -0.3 is 4.74 Å². The minimum Gasteiger partial charge on any atom is -0.459 e. The Bertz CT molecular complexity index is 770. The number of hydrogen-bond acceptors (Lipinski definition) is 5. The molecule has 0 spiro atoms. The lowest BCUT2D eigenvalue weighted by molar-refractivity contribution is -0.150. The molecule has 2 aromatic rings. The van der Waals surface area contributed by atoms with Crippen LogP contribution in [0.1, 0.15) is 31.9 Å². The monoisotopic (exact) mass is 356 g/mol. The molecule has 5 nitrogen and oxygen atoms in total. The van der Waals surface area contributed by atoms with Gasteiger partial charge in [0, 0.05) is 12.3 Å². The zero-order valence-corrected chi connectivity index (χ0v) is 14.9. The molecule has 0 N–H and O–H groups in total. The summed E-state index contributed by atoms with van der Waals surface area (Å²) in [5.41, 5.74) is 1.42. The van der Waals surface area contributed by atoms with Crippen molar-refractivity contribution >= 4 is 34.0 Å². The van der Waals surface area contributed by atoms with Crippen molar-refractivity contribution < 1.29 is 14.3 Å². The van der Waals surface area contributed by atoms with Gasteiger partial charge in [-0.1, -0.05) is 30.4 Å². The molecule has 0 aliphatic heterocycles. The number of esters is 1. The lowest BCUT2D eigenvalue weighted by Crippen LogP contribution is -2.22. The van der Waals surface area contributed by atoms with E-state index >= 15 is 0 Å². The van der Waals surface area contributed by atoms with E-state index in [-0.39, 0.29) is 24.4 Å². The summed E-state index contributed by atoms with van der Waals surface area (Å²) >= 11 is 1.36. The third-order valence-corrected chi connectivity index (χ3v) is 4.90. The Hall–Kier alpha value is -2.47. The Kier molecular flexibility index (Phi) is 5.60. The normalized spacial score (nSPS) is 16.4. The number of carbonyl (C=O) groups excluding carboxylic acids is 2. The molecule has 0 unspecified atom stereocenters. The number of benzene rings is 1. The van der Waals surface area contributed by atoms with Crippen LogP contribution in [0.2, 0.25) is 0 Å². The molecule has 6 heteroatoms. The Balaban J connectivity index is 1.66. The summed E-state index contributed by atoms with van der Waals surface area (Å²) in [7, 11) is 0. The van der Waals surface area contributed by atoms with Crippen LogP contribution in [-0.2, 0) is 20.9 Å². The summed E-state index contributed by atoms with van der Waals surface area (Å²) in [6.07, 6.45) is 6.62. The van der Waals surface area contributed by atoms with E-state index < -0.39 is 0 Å². The standard InChI is InChI=1S/C19H20N2O3S/c1-14(22)21(17-10-6-3-7-11-17)19-20-16(13-25-19)12-24-18(23)15-8-4-2-5-9-15/h2-4,6-7,10-11,13,15H,5,8-9,12H2,1H3/t15-/m0/s1. The molecule has 1 aliphatic rings. The highest BCUT2D eigenvalue weighted by Gasteiger charge is 2.21. The molecule has 0 saturated carbocycles. The first-order valence-corrected chi connectivity index (χ1v) is 9.15. The summed E-state index contributed by atoms with van der Waals surface area (Å²) in [6.45, 7) is 1.64. The average Bonchev–Trinajstić information content (AvgIpc) is 3.09. The van der Waals surface area contributed by atoms with E-state index in [1.807, 2.05) is 41.8 Å². The molecule has 3 rings (SSSR count). The van der Waals surface area contributed by atoms with E-state index in [0.717, 1.165) is 24.9 Å². The summed E-state index contributed by atoms with van der Waals surface area (Å²) in [6, 6.07) is 9.37. The summed E-state index contributed by atoms with van der Waals surface area (Å²) < 4.78 is 5.39. The Labute approximate surface area is 150 Å². The highest BCUT2D eigenvalue weighted by Crippen LogP contribution is 2.29. The number of aromatic nitrogens is 1. The van der Waals surface area contributed by atoms with Gasteiger partial charge in [0.25, 0.3) is 0 Å². The number of para-hydroxylation sites is 1. The van der Waals surface area contributed by atoms with Crippen molar-refractivity contribution in [2.45, 2.75) is 32.8 Å².